The van der Waals surface area contributed by atoms with Gasteiger partial charge in [-0.1, -0.05) is 47.1 Å². The van der Waals surface area contributed by atoms with E-state index in [9.17, 15) is 4.79 Å². The second kappa shape index (κ2) is 9.87. The molecule has 0 aliphatic carbocycles. The number of ether oxygens (including phenoxy) is 2. The molecule has 0 aromatic heterocycles. The van der Waals surface area contributed by atoms with Crippen LogP contribution in [0.2, 0.25) is 0 Å². The Labute approximate surface area is 178 Å². The van der Waals surface area contributed by atoms with E-state index in [1.54, 1.807) is 12.1 Å². The SMILES string of the molecule is COC(=O)c1ccc(CON=C(c2ccc(C)cc2)C(C)(C)N2CCOCC2)cc1. The second-order valence-electron chi connectivity index (χ2n) is 7.93. The minimum Gasteiger partial charge on any atom is -0.465 e. The molecule has 0 radical (unpaired) electrons. The highest BCUT2D eigenvalue weighted by Gasteiger charge is 2.35. The molecule has 1 aliphatic heterocycles. The van der Waals surface area contributed by atoms with Crippen LogP contribution in [0.4, 0.5) is 0 Å². The van der Waals surface area contributed by atoms with Crippen LogP contribution in [0.25, 0.3) is 0 Å². The summed E-state index contributed by atoms with van der Waals surface area (Å²) in [6, 6.07) is 15.5. The molecule has 0 amide bonds. The minimum atomic E-state index is -0.352. The van der Waals surface area contributed by atoms with Crippen LogP contribution in [-0.4, -0.2) is 55.5 Å². The first kappa shape index (κ1) is 22.0. The van der Waals surface area contributed by atoms with E-state index in [1.807, 2.05) is 12.1 Å². The van der Waals surface area contributed by atoms with Crippen LogP contribution in [0.3, 0.4) is 0 Å². The van der Waals surface area contributed by atoms with E-state index in [0.29, 0.717) is 12.2 Å². The first-order chi connectivity index (χ1) is 14.4. The van der Waals surface area contributed by atoms with Crippen molar-refractivity contribution in [2.45, 2.75) is 32.9 Å². The number of oxime groups is 1. The maximum absolute atomic E-state index is 11.6. The summed E-state index contributed by atoms with van der Waals surface area (Å²) >= 11 is 0. The fraction of sp³-hybridized carbons (Fsp3) is 0.417. The number of rotatable bonds is 7. The predicted molar refractivity (Wildman–Crippen MR) is 117 cm³/mol. The third-order valence-corrected chi connectivity index (χ3v) is 5.47. The topological polar surface area (TPSA) is 60.4 Å². The highest BCUT2D eigenvalue weighted by Crippen LogP contribution is 2.24. The minimum absolute atomic E-state index is 0.312. The van der Waals surface area contributed by atoms with Crippen molar-refractivity contribution >= 4 is 11.7 Å². The quantitative estimate of drug-likeness (QED) is 0.395. The third kappa shape index (κ3) is 5.26. The molecule has 2 aromatic carbocycles. The fourth-order valence-corrected chi connectivity index (χ4v) is 3.53. The maximum Gasteiger partial charge on any atom is 0.337 e. The lowest BCUT2D eigenvalue weighted by molar-refractivity contribution is 0.00862. The van der Waals surface area contributed by atoms with Crippen LogP contribution in [0, 0.1) is 6.92 Å². The Morgan fingerprint density at radius 3 is 2.23 bits per heavy atom. The monoisotopic (exact) mass is 410 g/mol. The molecule has 30 heavy (non-hydrogen) atoms. The number of morpholine rings is 1. The molecule has 160 valence electrons. The maximum atomic E-state index is 11.6. The summed E-state index contributed by atoms with van der Waals surface area (Å²) in [5, 5.41) is 4.58. The lowest BCUT2D eigenvalue weighted by atomic mass is 9.89. The van der Waals surface area contributed by atoms with E-state index in [2.05, 4.69) is 55.1 Å². The zero-order valence-corrected chi connectivity index (χ0v) is 18.2. The van der Waals surface area contributed by atoms with Crippen molar-refractivity contribution in [1.82, 2.24) is 4.90 Å². The molecular formula is C24H30N2O4. The summed E-state index contributed by atoms with van der Waals surface area (Å²) in [6.07, 6.45) is 0. The van der Waals surface area contributed by atoms with Gasteiger partial charge in [0.05, 0.1) is 31.4 Å². The lowest BCUT2D eigenvalue weighted by Gasteiger charge is -2.41. The lowest BCUT2D eigenvalue weighted by Crippen LogP contribution is -2.54. The Hall–Kier alpha value is -2.70. The van der Waals surface area contributed by atoms with Crippen LogP contribution in [-0.2, 0) is 20.9 Å². The molecule has 6 heteroatoms. The molecule has 0 saturated carbocycles. The Balaban J connectivity index is 1.80. The van der Waals surface area contributed by atoms with Crippen molar-refractivity contribution in [3.63, 3.8) is 0 Å². The Kier molecular flexibility index (Phi) is 7.24. The van der Waals surface area contributed by atoms with E-state index in [0.717, 1.165) is 43.1 Å². The van der Waals surface area contributed by atoms with Crippen molar-refractivity contribution in [2.75, 3.05) is 33.4 Å². The zero-order valence-electron chi connectivity index (χ0n) is 18.2. The molecule has 0 N–H and O–H groups in total. The molecule has 1 heterocycles. The van der Waals surface area contributed by atoms with Crippen LogP contribution >= 0.6 is 0 Å². The van der Waals surface area contributed by atoms with Gasteiger partial charge in [-0.2, -0.15) is 0 Å². The number of carbonyl (C=O) groups is 1. The average Bonchev–Trinajstić information content (AvgIpc) is 2.78. The van der Waals surface area contributed by atoms with Gasteiger partial charge in [0.1, 0.15) is 12.3 Å². The summed E-state index contributed by atoms with van der Waals surface area (Å²) in [5.41, 5.74) is 4.26. The largest absolute Gasteiger partial charge is 0.465 e. The van der Waals surface area contributed by atoms with Crippen LogP contribution in [0.15, 0.2) is 53.7 Å². The van der Waals surface area contributed by atoms with Gasteiger partial charge in [0.2, 0.25) is 0 Å². The number of aryl methyl sites for hydroxylation is 1. The molecule has 1 aliphatic rings. The predicted octanol–water partition coefficient (Wildman–Crippen LogP) is 3.81. The van der Waals surface area contributed by atoms with Gasteiger partial charge >= 0.3 is 5.97 Å². The number of carbonyl (C=O) groups excluding carboxylic acids is 1. The van der Waals surface area contributed by atoms with Gasteiger partial charge in [0, 0.05) is 18.7 Å². The highest BCUT2D eigenvalue weighted by molar-refractivity contribution is 6.06. The first-order valence-electron chi connectivity index (χ1n) is 10.2. The van der Waals surface area contributed by atoms with Crippen molar-refractivity contribution in [3.05, 3.63) is 70.8 Å². The number of methoxy groups -OCH3 is 1. The molecular weight excluding hydrogens is 380 g/mol. The van der Waals surface area contributed by atoms with E-state index in [4.69, 9.17) is 14.3 Å². The molecule has 3 rings (SSSR count). The average molecular weight is 411 g/mol. The second-order valence-corrected chi connectivity index (χ2v) is 7.93. The fourth-order valence-electron chi connectivity index (χ4n) is 3.53. The molecule has 0 atom stereocenters. The van der Waals surface area contributed by atoms with Crippen molar-refractivity contribution in [1.29, 1.82) is 0 Å². The molecule has 0 bridgehead atoms. The van der Waals surface area contributed by atoms with Crippen LogP contribution in [0.5, 0.6) is 0 Å². The van der Waals surface area contributed by atoms with Gasteiger partial charge in [-0.15, -0.1) is 0 Å². The molecule has 1 fully saturated rings. The molecule has 2 aromatic rings. The Bertz CT molecular complexity index is 867. The molecule has 1 saturated heterocycles. The third-order valence-electron chi connectivity index (χ3n) is 5.47. The highest BCUT2D eigenvalue weighted by atomic mass is 16.6. The smallest absolute Gasteiger partial charge is 0.337 e. The number of benzene rings is 2. The number of hydrogen-bond acceptors (Lipinski definition) is 6. The van der Waals surface area contributed by atoms with E-state index < -0.39 is 0 Å². The van der Waals surface area contributed by atoms with E-state index >= 15 is 0 Å². The van der Waals surface area contributed by atoms with Gasteiger partial charge in [0.25, 0.3) is 0 Å². The van der Waals surface area contributed by atoms with Crippen molar-refractivity contribution in [3.8, 4) is 0 Å². The summed E-state index contributed by atoms with van der Waals surface area (Å²) in [7, 11) is 1.37. The summed E-state index contributed by atoms with van der Waals surface area (Å²) in [4.78, 5) is 19.7. The zero-order chi connectivity index (χ0) is 21.6. The van der Waals surface area contributed by atoms with Gasteiger partial charge in [-0.05, 0) is 38.5 Å². The van der Waals surface area contributed by atoms with Crippen molar-refractivity contribution in [2.24, 2.45) is 5.16 Å². The van der Waals surface area contributed by atoms with Crippen LogP contribution in [0.1, 0.15) is 40.9 Å². The Morgan fingerprint density at radius 2 is 1.63 bits per heavy atom. The van der Waals surface area contributed by atoms with E-state index in [-0.39, 0.29) is 11.5 Å². The number of esters is 1. The molecule has 0 unspecified atom stereocenters. The van der Waals surface area contributed by atoms with Gasteiger partial charge in [-0.25, -0.2) is 4.79 Å². The van der Waals surface area contributed by atoms with E-state index in [1.165, 1.54) is 12.7 Å². The van der Waals surface area contributed by atoms with Gasteiger partial charge in [-0.3, -0.25) is 4.90 Å². The van der Waals surface area contributed by atoms with Crippen LogP contribution < -0.4 is 0 Å². The summed E-state index contributed by atoms with van der Waals surface area (Å²) in [6.45, 7) is 9.88. The molecule has 6 nitrogen and oxygen atoms in total. The van der Waals surface area contributed by atoms with Gasteiger partial charge < -0.3 is 14.3 Å². The Morgan fingerprint density at radius 1 is 1.03 bits per heavy atom. The number of nitrogens with zero attached hydrogens (tertiary/aromatic N) is 2. The molecule has 0 spiro atoms. The van der Waals surface area contributed by atoms with Gasteiger partial charge in [0.15, 0.2) is 0 Å². The summed E-state index contributed by atoms with van der Waals surface area (Å²) < 4.78 is 10.3. The normalized spacial score (nSPS) is 15.7. The summed E-state index contributed by atoms with van der Waals surface area (Å²) in [5.74, 6) is -0.352. The first-order valence-corrected chi connectivity index (χ1v) is 10.2. The number of hydrogen-bond donors (Lipinski definition) is 0. The van der Waals surface area contributed by atoms with Crippen molar-refractivity contribution < 1.29 is 19.1 Å². The standard InChI is InChI=1S/C24H30N2O4/c1-18-5-9-20(10-6-18)22(24(2,3)26-13-15-29-16-14-26)25-30-17-19-7-11-21(12-8-19)23(27)28-4/h5-12H,13-17H2,1-4H3.